The first-order valence-electron chi connectivity index (χ1n) is 14.8. The van der Waals surface area contributed by atoms with Crippen LogP contribution in [0.5, 0.6) is 0 Å². The third-order valence-electron chi connectivity index (χ3n) is 9.00. The molecule has 0 radical (unpaired) electrons. The van der Waals surface area contributed by atoms with E-state index in [-0.39, 0.29) is 0 Å². The van der Waals surface area contributed by atoms with Crippen LogP contribution in [0.1, 0.15) is 22.3 Å². The summed E-state index contributed by atoms with van der Waals surface area (Å²) in [5, 5.41) is 2.69. The van der Waals surface area contributed by atoms with Gasteiger partial charge in [-0.3, -0.25) is 0 Å². The van der Waals surface area contributed by atoms with Crippen molar-refractivity contribution >= 4 is 116 Å². The van der Waals surface area contributed by atoms with Crippen molar-refractivity contribution in [1.29, 1.82) is 0 Å². The summed E-state index contributed by atoms with van der Waals surface area (Å²) in [6, 6.07) is 32.0. The van der Waals surface area contributed by atoms with E-state index in [1.54, 1.807) is 0 Å². The van der Waals surface area contributed by atoms with Crippen molar-refractivity contribution in [3.63, 3.8) is 0 Å². The van der Waals surface area contributed by atoms with Crippen LogP contribution in [0.2, 0.25) is 0 Å². The van der Waals surface area contributed by atoms with Crippen LogP contribution in [0.3, 0.4) is 0 Å². The molecule has 212 valence electrons. The molecule has 0 fully saturated rings. The Kier molecular flexibility index (Phi) is 5.09. The van der Waals surface area contributed by atoms with Gasteiger partial charge in [-0.2, -0.15) is 0 Å². The molecule has 0 saturated carbocycles. The lowest BCUT2D eigenvalue weighted by Gasteiger charge is -2.08. The number of hydrogen-bond donors (Lipinski definition) is 0. The molecule has 0 saturated heterocycles. The SMILES string of the molecule is Cc1ccc(-n2c3c4ccc(C)cc4sc3c3sc4c(sc5c6sc7cc(C)ccc7c6n(-c6ccc(C)cc6)c54)c32)cc1. The molecule has 44 heavy (non-hydrogen) atoms. The smallest absolute Gasteiger partial charge is 0.0838 e. The number of fused-ring (bicyclic) bond motifs is 13. The van der Waals surface area contributed by atoms with Gasteiger partial charge >= 0.3 is 0 Å². The molecule has 6 heterocycles. The van der Waals surface area contributed by atoms with Crippen LogP contribution in [-0.4, -0.2) is 9.13 Å². The summed E-state index contributed by atoms with van der Waals surface area (Å²) in [5.41, 5.74) is 13.1. The van der Waals surface area contributed by atoms with Crippen molar-refractivity contribution in [2.24, 2.45) is 0 Å². The number of thiophene rings is 4. The average Bonchev–Trinajstić information content (AvgIpc) is 3.82. The molecule has 0 bridgehead atoms. The third-order valence-corrected chi connectivity index (χ3v) is 14.1. The van der Waals surface area contributed by atoms with Crippen LogP contribution < -0.4 is 0 Å². The minimum absolute atomic E-state index is 1.23. The molecule has 0 spiro atoms. The number of aromatic nitrogens is 2. The normalized spacial score (nSPS) is 12.5. The van der Waals surface area contributed by atoms with E-state index < -0.39 is 0 Å². The first kappa shape index (κ1) is 25.4. The summed E-state index contributed by atoms with van der Waals surface area (Å²) in [4.78, 5) is 0. The molecule has 6 aromatic heterocycles. The quantitative estimate of drug-likeness (QED) is 0.178. The lowest BCUT2D eigenvalue weighted by Crippen LogP contribution is -1.94. The van der Waals surface area contributed by atoms with Gasteiger partial charge in [-0.1, -0.05) is 59.7 Å². The van der Waals surface area contributed by atoms with Gasteiger partial charge < -0.3 is 9.13 Å². The Morgan fingerprint density at radius 3 is 1.09 bits per heavy atom. The summed E-state index contributed by atoms with van der Waals surface area (Å²) >= 11 is 7.87. The van der Waals surface area contributed by atoms with Crippen molar-refractivity contribution in [2.45, 2.75) is 27.7 Å². The number of rotatable bonds is 2. The molecule has 0 atom stereocenters. The number of aryl methyl sites for hydroxylation is 4. The Morgan fingerprint density at radius 2 is 0.705 bits per heavy atom. The van der Waals surface area contributed by atoms with Gasteiger partial charge in [0.05, 0.1) is 50.3 Å². The van der Waals surface area contributed by atoms with Crippen LogP contribution in [0.4, 0.5) is 0 Å². The van der Waals surface area contributed by atoms with Gasteiger partial charge in [0.15, 0.2) is 0 Å². The monoisotopic (exact) mass is 638 g/mol. The second-order valence-corrected chi connectivity index (χ2v) is 16.3. The molecule has 0 amide bonds. The molecule has 6 heteroatoms. The van der Waals surface area contributed by atoms with Crippen LogP contribution in [0.15, 0.2) is 84.9 Å². The molecule has 4 aromatic carbocycles. The van der Waals surface area contributed by atoms with E-state index in [0.29, 0.717) is 0 Å². The Bertz CT molecular complexity index is 2590. The van der Waals surface area contributed by atoms with Crippen LogP contribution in [0.25, 0.3) is 81.8 Å². The van der Waals surface area contributed by atoms with Gasteiger partial charge in [0.25, 0.3) is 0 Å². The van der Waals surface area contributed by atoms with Gasteiger partial charge in [0.2, 0.25) is 0 Å². The van der Waals surface area contributed by atoms with Gasteiger partial charge in [-0.15, -0.1) is 45.3 Å². The predicted octanol–water partition coefficient (Wildman–Crippen LogP) is 12.8. The lowest BCUT2D eigenvalue weighted by molar-refractivity contribution is 1.19. The maximum Gasteiger partial charge on any atom is 0.0838 e. The maximum atomic E-state index is 2.56. The van der Waals surface area contributed by atoms with Gasteiger partial charge in [-0.25, -0.2) is 0 Å². The van der Waals surface area contributed by atoms with E-state index in [9.17, 15) is 0 Å². The zero-order valence-electron chi connectivity index (χ0n) is 24.6. The van der Waals surface area contributed by atoms with Crippen LogP contribution in [0, 0.1) is 27.7 Å². The van der Waals surface area contributed by atoms with Crippen molar-refractivity contribution in [1.82, 2.24) is 9.13 Å². The standard InChI is InChI=1S/C38H26N2S4/c1-19-5-11-23(12-6-19)39-29-25-15-9-21(3)17-27(25)41-33(29)35-31(39)37-38(43-35)32-36(44-37)34-30(26-16-10-22(4)18-28(26)42-34)40(32)24-13-7-20(2)8-14-24/h5-18H,1-4H3. The van der Waals surface area contributed by atoms with Crippen molar-refractivity contribution in [2.75, 3.05) is 0 Å². The minimum atomic E-state index is 1.23. The largest absolute Gasteiger partial charge is 0.305 e. The zero-order valence-corrected chi connectivity index (χ0v) is 27.9. The molecule has 0 unspecified atom stereocenters. The maximum absolute atomic E-state index is 2.56. The van der Waals surface area contributed by atoms with Gasteiger partial charge in [0, 0.05) is 31.5 Å². The first-order valence-corrected chi connectivity index (χ1v) is 18.1. The fourth-order valence-corrected chi connectivity index (χ4v) is 12.5. The molecular weight excluding hydrogens is 613 g/mol. The Hall–Kier alpha value is -3.94. The van der Waals surface area contributed by atoms with Crippen LogP contribution >= 0.6 is 45.3 Å². The summed E-state index contributed by atoms with van der Waals surface area (Å²) in [6.07, 6.45) is 0. The lowest BCUT2D eigenvalue weighted by atomic mass is 10.2. The molecule has 0 aliphatic carbocycles. The molecule has 0 N–H and O–H groups in total. The molecule has 2 nitrogen and oxygen atoms in total. The summed E-state index contributed by atoms with van der Waals surface area (Å²) < 4.78 is 16.3. The predicted molar refractivity (Wildman–Crippen MR) is 198 cm³/mol. The van der Waals surface area contributed by atoms with Crippen molar-refractivity contribution < 1.29 is 0 Å². The highest BCUT2D eigenvalue weighted by atomic mass is 32.1. The second-order valence-electron chi connectivity index (χ2n) is 12.1. The summed E-state index contributed by atoms with van der Waals surface area (Å²) in [5.74, 6) is 0. The number of nitrogens with zero attached hydrogens (tertiary/aromatic N) is 2. The third kappa shape index (κ3) is 3.29. The van der Waals surface area contributed by atoms with Crippen LogP contribution in [-0.2, 0) is 0 Å². The molecular formula is C38H26N2S4. The van der Waals surface area contributed by atoms with Gasteiger partial charge in [-0.05, 0) is 75.2 Å². The highest BCUT2D eigenvalue weighted by Crippen LogP contribution is 2.55. The minimum Gasteiger partial charge on any atom is -0.305 e. The summed E-state index contributed by atoms with van der Waals surface area (Å²) in [7, 11) is 0. The van der Waals surface area contributed by atoms with E-state index >= 15 is 0 Å². The fourth-order valence-electron chi connectivity index (χ4n) is 6.89. The topological polar surface area (TPSA) is 9.86 Å². The van der Waals surface area contributed by atoms with E-state index in [1.807, 2.05) is 45.3 Å². The van der Waals surface area contributed by atoms with E-state index in [2.05, 4.69) is 122 Å². The molecule has 0 aliphatic heterocycles. The Labute approximate surface area is 269 Å². The first-order chi connectivity index (χ1) is 21.4. The molecule has 10 aromatic rings. The average molecular weight is 639 g/mol. The fraction of sp³-hybridized carbons (Fsp3) is 0.105. The van der Waals surface area contributed by atoms with Crippen molar-refractivity contribution in [3.8, 4) is 11.4 Å². The molecule has 10 rings (SSSR count). The Balaban J connectivity index is 1.42. The second kappa shape index (κ2) is 8.83. The molecule has 0 aliphatic rings. The Morgan fingerprint density at radius 1 is 0.364 bits per heavy atom. The van der Waals surface area contributed by atoms with E-state index in [1.165, 1.54) is 104 Å². The zero-order chi connectivity index (χ0) is 29.4. The highest BCUT2D eigenvalue weighted by Gasteiger charge is 2.28. The number of hydrogen-bond acceptors (Lipinski definition) is 4. The number of benzene rings is 4. The summed E-state index contributed by atoms with van der Waals surface area (Å²) in [6.45, 7) is 8.73. The highest BCUT2D eigenvalue weighted by molar-refractivity contribution is 7.41. The van der Waals surface area contributed by atoms with E-state index in [4.69, 9.17) is 0 Å². The van der Waals surface area contributed by atoms with E-state index in [0.717, 1.165) is 0 Å². The van der Waals surface area contributed by atoms with Crippen molar-refractivity contribution in [3.05, 3.63) is 107 Å². The van der Waals surface area contributed by atoms with Gasteiger partial charge in [0.1, 0.15) is 0 Å².